The Labute approximate surface area is 54.7 Å². The first-order valence-corrected chi connectivity index (χ1v) is 3.55. The summed E-state index contributed by atoms with van der Waals surface area (Å²) in [5.41, 5.74) is 0. The van der Waals surface area contributed by atoms with Gasteiger partial charge in [0.15, 0.2) is 0 Å². The van der Waals surface area contributed by atoms with Crippen LogP contribution in [0, 0.1) is 11.8 Å². The second kappa shape index (κ2) is 2.14. The molecule has 2 unspecified atom stereocenters. The summed E-state index contributed by atoms with van der Waals surface area (Å²) in [5.74, 6) is 2.56. The van der Waals surface area contributed by atoms with Crippen molar-refractivity contribution >= 4 is 30.2 Å². The largest absolute Gasteiger partial charge is 0.179 e. The quantitative estimate of drug-likeness (QED) is 0.439. The van der Waals surface area contributed by atoms with Crippen molar-refractivity contribution in [2.75, 3.05) is 5.75 Å². The van der Waals surface area contributed by atoms with E-state index in [0.29, 0.717) is 0 Å². The minimum absolute atomic E-state index is 0.729. The zero-order valence-corrected chi connectivity index (χ0v) is 5.71. The van der Waals surface area contributed by atoms with Gasteiger partial charge in [-0.1, -0.05) is 12.2 Å². The van der Waals surface area contributed by atoms with Gasteiger partial charge in [0.05, 0.1) is 0 Å². The Morgan fingerprint density at radius 1 is 1.86 bits per heavy atom. The molecule has 0 saturated heterocycles. The number of rotatable bonds is 2. The molecule has 0 aromatic rings. The standard InChI is InChI=1S/C5H8S2/c6-2-4-1-5(4)3-7/h2,4-5,7H,1,3H2. The summed E-state index contributed by atoms with van der Waals surface area (Å²) in [5, 5.41) is 1.86. The summed E-state index contributed by atoms with van der Waals surface area (Å²) >= 11 is 8.85. The molecule has 0 nitrogen and oxygen atoms in total. The lowest BCUT2D eigenvalue weighted by atomic mass is 10.4. The van der Waals surface area contributed by atoms with Crippen LogP contribution in [0.1, 0.15) is 6.42 Å². The predicted molar refractivity (Wildman–Crippen MR) is 39.1 cm³/mol. The smallest absolute Gasteiger partial charge is 0.00634 e. The molecule has 1 fully saturated rings. The molecule has 0 aliphatic heterocycles. The highest BCUT2D eigenvalue weighted by Gasteiger charge is 2.32. The Balaban J connectivity index is 2.17. The van der Waals surface area contributed by atoms with Gasteiger partial charge in [-0.3, -0.25) is 0 Å². The first-order chi connectivity index (χ1) is 3.38. The van der Waals surface area contributed by atoms with Crippen molar-refractivity contribution in [2.45, 2.75) is 6.42 Å². The van der Waals surface area contributed by atoms with E-state index in [0.717, 1.165) is 17.6 Å². The molecule has 0 aromatic heterocycles. The van der Waals surface area contributed by atoms with Crippen LogP contribution in [0.3, 0.4) is 0 Å². The maximum absolute atomic E-state index is 4.72. The van der Waals surface area contributed by atoms with E-state index >= 15 is 0 Å². The van der Waals surface area contributed by atoms with Crippen molar-refractivity contribution in [1.82, 2.24) is 0 Å². The highest BCUT2D eigenvalue weighted by Crippen LogP contribution is 2.37. The zero-order chi connectivity index (χ0) is 5.28. The lowest BCUT2D eigenvalue weighted by Crippen LogP contribution is -1.80. The average Bonchev–Trinajstić information content (AvgIpc) is 2.43. The van der Waals surface area contributed by atoms with Crippen molar-refractivity contribution in [3.63, 3.8) is 0 Å². The molecule has 1 rings (SSSR count). The monoisotopic (exact) mass is 132 g/mol. The second-order valence-electron chi connectivity index (χ2n) is 1.98. The summed E-state index contributed by atoms with van der Waals surface area (Å²) in [7, 11) is 0. The molecular weight excluding hydrogens is 124 g/mol. The molecule has 2 heteroatoms. The van der Waals surface area contributed by atoms with Crippen molar-refractivity contribution in [2.24, 2.45) is 11.8 Å². The van der Waals surface area contributed by atoms with Crippen LogP contribution in [0.2, 0.25) is 0 Å². The summed E-state index contributed by atoms with van der Waals surface area (Å²) in [4.78, 5) is 0. The topological polar surface area (TPSA) is 0 Å². The third-order valence-electron chi connectivity index (χ3n) is 1.39. The molecule has 0 N–H and O–H groups in total. The first kappa shape index (κ1) is 5.57. The molecule has 0 radical (unpaired) electrons. The van der Waals surface area contributed by atoms with Crippen LogP contribution in [-0.4, -0.2) is 11.1 Å². The summed E-state index contributed by atoms with van der Waals surface area (Å²) in [6, 6.07) is 0. The Morgan fingerprint density at radius 3 is 2.71 bits per heavy atom. The molecule has 0 aromatic carbocycles. The van der Waals surface area contributed by atoms with Gasteiger partial charge in [-0.25, -0.2) is 0 Å². The Bertz CT molecular complexity index is 80.1. The van der Waals surface area contributed by atoms with Crippen LogP contribution in [0.25, 0.3) is 0 Å². The van der Waals surface area contributed by atoms with Crippen LogP contribution in [-0.2, 0) is 0 Å². The predicted octanol–water partition coefficient (Wildman–Crippen LogP) is 1.55. The molecule has 1 aliphatic rings. The first-order valence-electron chi connectivity index (χ1n) is 2.44. The van der Waals surface area contributed by atoms with Gasteiger partial charge in [0.2, 0.25) is 0 Å². The Morgan fingerprint density at radius 2 is 2.57 bits per heavy atom. The van der Waals surface area contributed by atoms with Gasteiger partial charge in [-0.15, -0.1) is 0 Å². The highest BCUT2D eigenvalue weighted by molar-refractivity contribution is 7.80. The van der Waals surface area contributed by atoms with E-state index in [2.05, 4.69) is 12.6 Å². The van der Waals surface area contributed by atoms with Crippen LogP contribution in [0.5, 0.6) is 0 Å². The van der Waals surface area contributed by atoms with Crippen molar-refractivity contribution in [3.8, 4) is 0 Å². The minimum atomic E-state index is 0.729. The summed E-state index contributed by atoms with van der Waals surface area (Å²) < 4.78 is 0. The molecule has 0 bridgehead atoms. The molecule has 1 aliphatic carbocycles. The SMILES string of the molecule is S=CC1CC1CS. The number of thiocarbonyl (C=S) groups is 1. The average molecular weight is 132 g/mol. The van der Waals surface area contributed by atoms with E-state index < -0.39 is 0 Å². The van der Waals surface area contributed by atoms with Gasteiger partial charge in [0.1, 0.15) is 0 Å². The van der Waals surface area contributed by atoms with Crippen LogP contribution in [0.4, 0.5) is 0 Å². The van der Waals surface area contributed by atoms with Gasteiger partial charge < -0.3 is 0 Å². The van der Waals surface area contributed by atoms with Gasteiger partial charge in [0.25, 0.3) is 0 Å². The number of thiol groups is 1. The summed E-state index contributed by atoms with van der Waals surface area (Å²) in [6.45, 7) is 0. The van der Waals surface area contributed by atoms with Gasteiger partial charge in [-0.05, 0) is 29.4 Å². The molecule has 7 heavy (non-hydrogen) atoms. The molecule has 0 heterocycles. The van der Waals surface area contributed by atoms with E-state index in [-0.39, 0.29) is 0 Å². The molecule has 1 saturated carbocycles. The zero-order valence-electron chi connectivity index (χ0n) is 4.00. The highest BCUT2D eigenvalue weighted by atomic mass is 32.1. The fourth-order valence-corrected chi connectivity index (χ4v) is 1.40. The lowest BCUT2D eigenvalue weighted by molar-refractivity contribution is 0.961. The molecule has 0 amide bonds. The normalized spacial score (nSPS) is 37.9. The van der Waals surface area contributed by atoms with Gasteiger partial charge in [0, 0.05) is 0 Å². The fraction of sp³-hybridized carbons (Fsp3) is 0.800. The van der Waals surface area contributed by atoms with E-state index in [1.807, 2.05) is 5.37 Å². The third kappa shape index (κ3) is 1.16. The fourth-order valence-electron chi connectivity index (χ4n) is 0.648. The Hall–Kier alpha value is 0.440. The van der Waals surface area contributed by atoms with Gasteiger partial charge >= 0.3 is 0 Å². The van der Waals surface area contributed by atoms with Crippen molar-refractivity contribution in [3.05, 3.63) is 0 Å². The Kier molecular flexibility index (Phi) is 1.70. The number of hydrogen-bond donors (Lipinski definition) is 1. The summed E-state index contributed by atoms with van der Waals surface area (Å²) in [6.07, 6.45) is 1.28. The van der Waals surface area contributed by atoms with Crippen LogP contribution < -0.4 is 0 Å². The second-order valence-corrected chi connectivity index (χ2v) is 2.62. The minimum Gasteiger partial charge on any atom is -0.179 e. The van der Waals surface area contributed by atoms with Gasteiger partial charge in [-0.2, -0.15) is 12.6 Å². The molecule has 40 valence electrons. The molecular formula is C5H8S2. The van der Waals surface area contributed by atoms with E-state index in [1.54, 1.807) is 0 Å². The van der Waals surface area contributed by atoms with E-state index in [4.69, 9.17) is 12.2 Å². The van der Waals surface area contributed by atoms with Crippen LogP contribution >= 0.6 is 24.8 Å². The third-order valence-corrected chi connectivity index (χ3v) is 2.21. The van der Waals surface area contributed by atoms with Crippen molar-refractivity contribution < 1.29 is 0 Å². The molecule has 0 spiro atoms. The van der Waals surface area contributed by atoms with Crippen molar-refractivity contribution in [1.29, 1.82) is 0 Å². The van der Waals surface area contributed by atoms with Crippen LogP contribution in [0.15, 0.2) is 0 Å². The number of hydrogen-bond acceptors (Lipinski definition) is 2. The maximum atomic E-state index is 4.72. The molecule has 2 atom stereocenters. The van der Waals surface area contributed by atoms with E-state index in [1.165, 1.54) is 6.42 Å². The lowest BCUT2D eigenvalue weighted by Gasteiger charge is -1.79. The van der Waals surface area contributed by atoms with E-state index in [9.17, 15) is 0 Å². The maximum Gasteiger partial charge on any atom is -0.00634 e.